The van der Waals surface area contributed by atoms with E-state index >= 15 is 0 Å². The molecule has 0 bridgehead atoms. The van der Waals surface area contributed by atoms with Crippen molar-refractivity contribution in [1.82, 2.24) is 4.90 Å². The van der Waals surface area contributed by atoms with Crippen molar-refractivity contribution in [2.75, 3.05) is 19.7 Å². The second-order valence-corrected chi connectivity index (χ2v) is 5.54. The van der Waals surface area contributed by atoms with Gasteiger partial charge in [0.25, 0.3) is 5.91 Å². The monoisotopic (exact) mass is 255 g/mol. The SMILES string of the molecule is CC1(C(=O)N2CCCC(CC(=O)O)C2)CCCO1. The Morgan fingerprint density at radius 2 is 2.22 bits per heavy atom. The second-order valence-electron chi connectivity index (χ2n) is 5.54. The van der Waals surface area contributed by atoms with Crippen LogP contribution < -0.4 is 0 Å². The van der Waals surface area contributed by atoms with Crippen LogP contribution in [0.3, 0.4) is 0 Å². The number of likely N-dealkylation sites (tertiary alicyclic amines) is 1. The molecule has 2 atom stereocenters. The van der Waals surface area contributed by atoms with Crippen molar-refractivity contribution < 1.29 is 19.4 Å². The zero-order valence-electron chi connectivity index (χ0n) is 10.9. The third-order valence-corrected chi connectivity index (χ3v) is 3.94. The van der Waals surface area contributed by atoms with E-state index < -0.39 is 11.6 Å². The summed E-state index contributed by atoms with van der Waals surface area (Å²) < 4.78 is 5.56. The molecule has 0 spiro atoms. The summed E-state index contributed by atoms with van der Waals surface area (Å²) >= 11 is 0. The number of hydrogen-bond acceptors (Lipinski definition) is 3. The highest BCUT2D eigenvalue weighted by atomic mass is 16.5. The average Bonchev–Trinajstić information content (AvgIpc) is 2.76. The predicted molar refractivity (Wildman–Crippen MR) is 65.1 cm³/mol. The molecule has 2 saturated heterocycles. The number of carboxylic acid groups (broad SMARTS) is 1. The topological polar surface area (TPSA) is 66.8 Å². The first-order valence-corrected chi connectivity index (χ1v) is 6.66. The van der Waals surface area contributed by atoms with Crippen molar-refractivity contribution in [3.05, 3.63) is 0 Å². The third-order valence-electron chi connectivity index (χ3n) is 3.94. The molecule has 0 aromatic carbocycles. The zero-order valence-corrected chi connectivity index (χ0v) is 10.9. The van der Waals surface area contributed by atoms with Crippen LogP contribution in [-0.2, 0) is 14.3 Å². The van der Waals surface area contributed by atoms with E-state index in [9.17, 15) is 9.59 Å². The number of ether oxygens (including phenoxy) is 1. The van der Waals surface area contributed by atoms with Gasteiger partial charge in [-0.05, 0) is 38.5 Å². The Labute approximate surface area is 107 Å². The molecule has 0 aromatic rings. The highest BCUT2D eigenvalue weighted by Crippen LogP contribution is 2.29. The Bertz CT molecular complexity index is 336. The number of aliphatic carboxylic acids is 1. The molecule has 0 saturated carbocycles. The van der Waals surface area contributed by atoms with Gasteiger partial charge in [-0.15, -0.1) is 0 Å². The number of carbonyl (C=O) groups is 2. The number of hydrogen-bond donors (Lipinski definition) is 1. The minimum Gasteiger partial charge on any atom is -0.481 e. The quantitative estimate of drug-likeness (QED) is 0.824. The van der Waals surface area contributed by atoms with E-state index in [1.807, 2.05) is 6.92 Å². The van der Waals surface area contributed by atoms with Gasteiger partial charge in [-0.3, -0.25) is 9.59 Å². The Balaban J connectivity index is 1.95. The van der Waals surface area contributed by atoms with Crippen molar-refractivity contribution in [2.24, 2.45) is 5.92 Å². The van der Waals surface area contributed by atoms with Crippen molar-refractivity contribution in [2.45, 2.75) is 44.6 Å². The lowest BCUT2D eigenvalue weighted by Gasteiger charge is -2.36. The van der Waals surface area contributed by atoms with Crippen molar-refractivity contribution in [3.63, 3.8) is 0 Å². The largest absolute Gasteiger partial charge is 0.481 e. The molecule has 0 aliphatic carbocycles. The smallest absolute Gasteiger partial charge is 0.303 e. The first-order chi connectivity index (χ1) is 8.51. The fourth-order valence-corrected chi connectivity index (χ4v) is 2.95. The van der Waals surface area contributed by atoms with E-state index in [-0.39, 0.29) is 18.2 Å². The molecule has 1 N–H and O–H groups in total. The van der Waals surface area contributed by atoms with Crippen LogP contribution >= 0.6 is 0 Å². The van der Waals surface area contributed by atoms with Gasteiger partial charge in [0.05, 0.1) is 0 Å². The maximum atomic E-state index is 12.4. The lowest BCUT2D eigenvalue weighted by atomic mass is 9.92. The molecule has 2 rings (SSSR count). The fourth-order valence-electron chi connectivity index (χ4n) is 2.95. The Morgan fingerprint density at radius 1 is 1.44 bits per heavy atom. The van der Waals surface area contributed by atoms with Crippen molar-refractivity contribution in [3.8, 4) is 0 Å². The predicted octanol–water partition coefficient (Wildman–Crippen LogP) is 1.27. The van der Waals surface area contributed by atoms with Crippen molar-refractivity contribution in [1.29, 1.82) is 0 Å². The first-order valence-electron chi connectivity index (χ1n) is 6.66. The molecule has 102 valence electrons. The van der Waals surface area contributed by atoms with Gasteiger partial charge >= 0.3 is 5.97 Å². The summed E-state index contributed by atoms with van der Waals surface area (Å²) in [4.78, 5) is 24.9. The molecule has 5 nitrogen and oxygen atoms in total. The van der Waals surface area contributed by atoms with E-state index in [0.29, 0.717) is 13.2 Å². The molecule has 2 aliphatic rings. The molecule has 2 aliphatic heterocycles. The van der Waals surface area contributed by atoms with Gasteiger partial charge in [-0.2, -0.15) is 0 Å². The van der Waals surface area contributed by atoms with Crippen LogP contribution in [0.25, 0.3) is 0 Å². The molecule has 18 heavy (non-hydrogen) atoms. The minimum absolute atomic E-state index is 0.0371. The van der Waals surface area contributed by atoms with E-state index in [1.54, 1.807) is 4.90 Å². The van der Waals surface area contributed by atoms with Gasteiger partial charge in [0.1, 0.15) is 5.60 Å². The Hall–Kier alpha value is -1.10. The maximum Gasteiger partial charge on any atom is 0.303 e. The van der Waals surface area contributed by atoms with Gasteiger partial charge < -0.3 is 14.7 Å². The first kappa shape index (κ1) is 13.3. The summed E-state index contributed by atoms with van der Waals surface area (Å²) in [5, 5.41) is 8.82. The summed E-state index contributed by atoms with van der Waals surface area (Å²) in [6.45, 7) is 3.79. The van der Waals surface area contributed by atoms with E-state index in [4.69, 9.17) is 9.84 Å². The molecular weight excluding hydrogens is 234 g/mol. The highest BCUT2D eigenvalue weighted by Gasteiger charge is 2.41. The van der Waals surface area contributed by atoms with Crippen LogP contribution in [-0.4, -0.2) is 47.2 Å². The molecule has 2 unspecified atom stereocenters. The highest BCUT2D eigenvalue weighted by molar-refractivity contribution is 5.85. The summed E-state index contributed by atoms with van der Waals surface area (Å²) in [7, 11) is 0. The molecule has 2 fully saturated rings. The number of amides is 1. The summed E-state index contributed by atoms with van der Waals surface area (Å²) in [6, 6.07) is 0. The van der Waals surface area contributed by atoms with Crippen LogP contribution in [0.1, 0.15) is 39.0 Å². The Kier molecular flexibility index (Phi) is 3.90. The second kappa shape index (κ2) is 5.26. The van der Waals surface area contributed by atoms with Crippen LogP contribution in [0, 0.1) is 5.92 Å². The molecule has 0 aromatic heterocycles. The third kappa shape index (κ3) is 2.83. The van der Waals surface area contributed by atoms with Crippen molar-refractivity contribution >= 4 is 11.9 Å². The van der Waals surface area contributed by atoms with Crippen LogP contribution in [0.2, 0.25) is 0 Å². The van der Waals surface area contributed by atoms with Gasteiger partial charge in [0, 0.05) is 26.1 Å². The molecule has 2 heterocycles. The number of rotatable bonds is 3. The van der Waals surface area contributed by atoms with Crippen LogP contribution in [0.4, 0.5) is 0 Å². The van der Waals surface area contributed by atoms with Gasteiger partial charge in [-0.1, -0.05) is 0 Å². The van der Waals surface area contributed by atoms with Crippen LogP contribution in [0.15, 0.2) is 0 Å². The van der Waals surface area contributed by atoms with E-state index in [1.165, 1.54) is 0 Å². The lowest BCUT2D eigenvalue weighted by Crippen LogP contribution is -2.50. The summed E-state index contributed by atoms with van der Waals surface area (Å²) in [6.07, 6.45) is 3.63. The lowest BCUT2D eigenvalue weighted by molar-refractivity contribution is -0.153. The fraction of sp³-hybridized carbons (Fsp3) is 0.846. The molecular formula is C13H21NO4. The average molecular weight is 255 g/mol. The number of piperidine rings is 1. The Morgan fingerprint density at radius 3 is 2.83 bits per heavy atom. The van der Waals surface area contributed by atoms with Gasteiger partial charge in [0.2, 0.25) is 0 Å². The van der Waals surface area contributed by atoms with Gasteiger partial charge in [0.15, 0.2) is 0 Å². The van der Waals surface area contributed by atoms with Gasteiger partial charge in [-0.25, -0.2) is 0 Å². The number of carboxylic acids is 1. The van der Waals surface area contributed by atoms with E-state index in [0.717, 1.165) is 32.2 Å². The van der Waals surface area contributed by atoms with Crippen LogP contribution in [0.5, 0.6) is 0 Å². The van der Waals surface area contributed by atoms with E-state index in [2.05, 4.69) is 0 Å². The normalized spacial score (nSPS) is 32.5. The molecule has 0 radical (unpaired) electrons. The summed E-state index contributed by atoms with van der Waals surface area (Å²) in [5.41, 5.74) is -0.675. The molecule has 1 amide bonds. The number of carbonyl (C=O) groups excluding carboxylic acids is 1. The molecule has 5 heteroatoms. The number of nitrogens with zero attached hydrogens (tertiary/aromatic N) is 1. The maximum absolute atomic E-state index is 12.4. The minimum atomic E-state index is -0.780. The summed E-state index contributed by atoms with van der Waals surface area (Å²) in [5.74, 6) is -0.655. The standard InChI is InChI=1S/C13H21NO4/c1-13(5-3-7-18-13)12(17)14-6-2-4-10(9-14)8-11(15)16/h10H,2-9H2,1H3,(H,15,16). The zero-order chi connectivity index (χ0) is 13.2.